The third kappa shape index (κ3) is 6.12. The summed E-state index contributed by atoms with van der Waals surface area (Å²) in [6.07, 6.45) is -0.193. The van der Waals surface area contributed by atoms with Crippen molar-refractivity contribution in [2.75, 3.05) is 10.6 Å². The summed E-state index contributed by atoms with van der Waals surface area (Å²) >= 11 is 0. The Hall–Kier alpha value is -2.82. The predicted molar refractivity (Wildman–Crippen MR) is 95.1 cm³/mol. The van der Waals surface area contributed by atoms with E-state index in [2.05, 4.69) is 10.6 Å². The maximum atomic E-state index is 12.0. The van der Waals surface area contributed by atoms with Crippen molar-refractivity contribution >= 4 is 23.4 Å². The van der Waals surface area contributed by atoms with Crippen LogP contribution < -0.4 is 10.6 Å². The van der Waals surface area contributed by atoms with Gasteiger partial charge in [0.1, 0.15) is 5.60 Å². The smallest absolute Gasteiger partial charge is 0.412 e. The number of amides is 2. The van der Waals surface area contributed by atoms with Crippen LogP contribution >= 0.6 is 0 Å². The van der Waals surface area contributed by atoms with Crippen LogP contribution in [0.25, 0.3) is 0 Å². The third-order valence-corrected chi connectivity index (χ3v) is 3.02. The number of carbonyl (C=O) groups excluding carboxylic acids is 2. The molecule has 24 heavy (non-hydrogen) atoms. The lowest BCUT2D eigenvalue weighted by atomic mass is 10.1. The van der Waals surface area contributed by atoms with Gasteiger partial charge < -0.3 is 10.1 Å². The highest BCUT2D eigenvalue weighted by molar-refractivity contribution is 5.92. The van der Waals surface area contributed by atoms with E-state index >= 15 is 0 Å². The summed E-state index contributed by atoms with van der Waals surface area (Å²) < 4.78 is 5.18. The fourth-order valence-electron chi connectivity index (χ4n) is 2.04. The van der Waals surface area contributed by atoms with Gasteiger partial charge >= 0.3 is 6.09 Å². The normalized spacial score (nSPS) is 10.8. The van der Waals surface area contributed by atoms with Gasteiger partial charge in [0.2, 0.25) is 5.91 Å². The summed E-state index contributed by atoms with van der Waals surface area (Å²) in [7, 11) is 0. The van der Waals surface area contributed by atoms with Crippen molar-refractivity contribution in [1.29, 1.82) is 0 Å². The first-order valence-electron chi connectivity index (χ1n) is 7.76. The molecule has 0 aliphatic rings. The van der Waals surface area contributed by atoms with Crippen molar-refractivity contribution < 1.29 is 14.3 Å². The minimum absolute atomic E-state index is 0.0888. The van der Waals surface area contributed by atoms with Gasteiger partial charge in [0.15, 0.2) is 0 Å². The SMILES string of the molecule is CC(C)(C)OC(=O)Nc1ccc(NC(=O)Cc2ccccc2)cc1. The lowest BCUT2D eigenvalue weighted by Gasteiger charge is -2.19. The number of carbonyl (C=O) groups is 2. The molecule has 0 heterocycles. The monoisotopic (exact) mass is 326 g/mol. The molecule has 0 aromatic heterocycles. The van der Waals surface area contributed by atoms with Crippen LogP contribution in [0.4, 0.5) is 16.2 Å². The van der Waals surface area contributed by atoms with Crippen LogP contribution in [-0.4, -0.2) is 17.6 Å². The Morgan fingerprint density at radius 2 is 1.42 bits per heavy atom. The molecule has 2 amide bonds. The van der Waals surface area contributed by atoms with E-state index in [4.69, 9.17) is 4.74 Å². The van der Waals surface area contributed by atoms with Gasteiger partial charge in [-0.1, -0.05) is 30.3 Å². The molecular weight excluding hydrogens is 304 g/mol. The Balaban J connectivity index is 1.87. The quantitative estimate of drug-likeness (QED) is 0.884. The summed E-state index contributed by atoms with van der Waals surface area (Å²) in [5.41, 5.74) is 1.68. The molecule has 0 saturated carbocycles. The molecule has 2 N–H and O–H groups in total. The van der Waals surface area contributed by atoms with Gasteiger partial charge in [-0.05, 0) is 50.6 Å². The maximum Gasteiger partial charge on any atom is 0.412 e. The Labute approximate surface area is 142 Å². The standard InChI is InChI=1S/C19H22N2O3/c1-19(2,3)24-18(23)21-16-11-9-15(10-12-16)20-17(22)13-14-7-5-4-6-8-14/h4-12H,13H2,1-3H3,(H,20,22)(H,21,23). The second-order valence-electron chi connectivity index (χ2n) is 6.41. The summed E-state index contributed by atoms with van der Waals surface area (Å²) in [6.45, 7) is 5.41. The van der Waals surface area contributed by atoms with Crippen molar-refractivity contribution in [1.82, 2.24) is 0 Å². The molecule has 2 aromatic carbocycles. The number of ether oxygens (including phenoxy) is 1. The van der Waals surface area contributed by atoms with E-state index in [1.807, 2.05) is 30.3 Å². The molecule has 5 nitrogen and oxygen atoms in total. The number of benzene rings is 2. The van der Waals surface area contributed by atoms with Crippen LogP contribution in [0.15, 0.2) is 54.6 Å². The van der Waals surface area contributed by atoms with E-state index in [-0.39, 0.29) is 5.91 Å². The lowest BCUT2D eigenvalue weighted by Crippen LogP contribution is -2.27. The average molecular weight is 326 g/mol. The first-order valence-corrected chi connectivity index (χ1v) is 7.76. The fourth-order valence-corrected chi connectivity index (χ4v) is 2.04. The molecule has 0 unspecified atom stereocenters. The van der Waals surface area contributed by atoms with Crippen LogP contribution in [-0.2, 0) is 16.0 Å². The summed E-state index contributed by atoms with van der Waals surface area (Å²) in [6, 6.07) is 16.4. The largest absolute Gasteiger partial charge is 0.444 e. The van der Waals surface area contributed by atoms with Gasteiger partial charge in [0.25, 0.3) is 0 Å². The molecular formula is C19H22N2O3. The van der Waals surface area contributed by atoms with E-state index < -0.39 is 11.7 Å². The van der Waals surface area contributed by atoms with Crippen LogP contribution in [0.2, 0.25) is 0 Å². The number of rotatable bonds is 4. The highest BCUT2D eigenvalue weighted by Crippen LogP contribution is 2.16. The van der Waals surface area contributed by atoms with Crippen molar-refractivity contribution in [3.8, 4) is 0 Å². The van der Waals surface area contributed by atoms with E-state index in [9.17, 15) is 9.59 Å². The van der Waals surface area contributed by atoms with Crippen molar-refractivity contribution in [3.63, 3.8) is 0 Å². The van der Waals surface area contributed by atoms with Crippen molar-refractivity contribution in [2.24, 2.45) is 0 Å². The topological polar surface area (TPSA) is 67.4 Å². The first-order chi connectivity index (χ1) is 11.3. The molecule has 5 heteroatoms. The lowest BCUT2D eigenvalue weighted by molar-refractivity contribution is -0.115. The highest BCUT2D eigenvalue weighted by atomic mass is 16.6. The first kappa shape index (κ1) is 17.5. The van der Waals surface area contributed by atoms with E-state index in [0.29, 0.717) is 17.8 Å². The van der Waals surface area contributed by atoms with Gasteiger partial charge in [-0.3, -0.25) is 10.1 Å². The van der Waals surface area contributed by atoms with E-state index in [0.717, 1.165) is 5.56 Å². The van der Waals surface area contributed by atoms with Crippen LogP contribution in [0.1, 0.15) is 26.3 Å². The maximum absolute atomic E-state index is 12.0. The Morgan fingerprint density at radius 1 is 0.875 bits per heavy atom. The van der Waals surface area contributed by atoms with Gasteiger partial charge in [-0.15, -0.1) is 0 Å². The van der Waals surface area contributed by atoms with Crippen molar-refractivity contribution in [2.45, 2.75) is 32.8 Å². The zero-order chi connectivity index (χ0) is 17.6. The second kappa shape index (κ2) is 7.64. The number of anilines is 2. The van der Waals surface area contributed by atoms with E-state index in [1.54, 1.807) is 45.0 Å². The molecule has 0 saturated heterocycles. The minimum Gasteiger partial charge on any atom is -0.444 e. The minimum atomic E-state index is -0.546. The van der Waals surface area contributed by atoms with Crippen molar-refractivity contribution in [3.05, 3.63) is 60.2 Å². The van der Waals surface area contributed by atoms with Crippen LogP contribution in [0, 0.1) is 0 Å². The molecule has 0 aliphatic carbocycles. The highest BCUT2D eigenvalue weighted by Gasteiger charge is 2.16. The predicted octanol–water partition coefficient (Wildman–Crippen LogP) is 4.21. The summed E-state index contributed by atoms with van der Waals surface area (Å²) in [5.74, 6) is -0.0888. The molecule has 0 atom stereocenters. The van der Waals surface area contributed by atoms with Gasteiger partial charge in [0.05, 0.1) is 6.42 Å². The molecule has 0 radical (unpaired) electrons. The molecule has 126 valence electrons. The number of hydrogen-bond donors (Lipinski definition) is 2. The van der Waals surface area contributed by atoms with Gasteiger partial charge in [-0.25, -0.2) is 4.79 Å². The molecule has 0 bridgehead atoms. The zero-order valence-corrected chi connectivity index (χ0v) is 14.1. The summed E-state index contributed by atoms with van der Waals surface area (Å²) in [5, 5.41) is 5.47. The van der Waals surface area contributed by atoms with Gasteiger partial charge in [0, 0.05) is 11.4 Å². The number of hydrogen-bond acceptors (Lipinski definition) is 3. The Kier molecular flexibility index (Phi) is 5.58. The van der Waals surface area contributed by atoms with Crippen LogP contribution in [0.3, 0.4) is 0 Å². The van der Waals surface area contributed by atoms with Crippen LogP contribution in [0.5, 0.6) is 0 Å². The molecule has 2 rings (SSSR count). The van der Waals surface area contributed by atoms with E-state index in [1.165, 1.54) is 0 Å². The Bertz CT molecular complexity index is 689. The summed E-state index contributed by atoms with van der Waals surface area (Å²) in [4.78, 5) is 23.7. The van der Waals surface area contributed by atoms with Gasteiger partial charge in [-0.2, -0.15) is 0 Å². The molecule has 2 aromatic rings. The molecule has 0 aliphatic heterocycles. The zero-order valence-electron chi connectivity index (χ0n) is 14.1. The average Bonchev–Trinajstić information content (AvgIpc) is 2.48. The fraction of sp³-hybridized carbons (Fsp3) is 0.263. The second-order valence-corrected chi connectivity index (χ2v) is 6.41. The number of nitrogens with one attached hydrogen (secondary N) is 2. The third-order valence-electron chi connectivity index (χ3n) is 3.02. The Morgan fingerprint density at radius 3 is 1.96 bits per heavy atom. The molecule has 0 spiro atoms. The molecule has 0 fully saturated rings.